The van der Waals surface area contributed by atoms with Gasteiger partial charge in [-0.05, 0) is 73.5 Å². The summed E-state index contributed by atoms with van der Waals surface area (Å²) in [6, 6.07) is 8.78. The highest BCUT2D eigenvalue weighted by molar-refractivity contribution is 7.98. The lowest BCUT2D eigenvalue weighted by Gasteiger charge is -2.21. The monoisotopic (exact) mass is 386 g/mol. The molecule has 4 heteroatoms. The van der Waals surface area contributed by atoms with Crippen LogP contribution in [0.15, 0.2) is 35.4 Å². The number of pyridine rings is 1. The second-order valence-electron chi connectivity index (χ2n) is 7.47. The van der Waals surface area contributed by atoms with Crippen LogP contribution < -0.4 is 5.32 Å². The molecule has 1 saturated carbocycles. The van der Waals surface area contributed by atoms with E-state index in [4.69, 9.17) is 16.6 Å². The molecule has 0 unspecified atom stereocenters. The van der Waals surface area contributed by atoms with Crippen LogP contribution in [0.1, 0.15) is 60.4 Å². The minimum atomic E-state index is 0.727. The Labute approximate surface area is 166 Å². The maximum absolute atomic E-state index is 6.55. The van der Waals surface area contributed by atoms with Gasteiger partial charge in [0.15, 0.2) is 0 Å². The number of nitrogens with one attached hydrogen (secondary N) is 1. The van der Waals surface area contributed by atoms with Crippen molar-refractivity contribution in [2.45, 2.75) is 61.5 Å². The van der Waals surface area contributed by atoms with E-state index in [0.29, 0.717) is 0 Å². The molecule has 1 aromatic heterocycles. The highest BCUT2D eigenvalue weighted by Crippen LogP contribution is 2.36. The lowest BCUT2D eigenvalue weighted by Crippen LogP contribution is -2.16. The Morgan fingerprint density at radius 2 is 1.88 bits per heavy atom. The van der Waals surface area contributed by atoms with E-state index in [9.17, 15) is 0 Å². The Bertz CT molecular complexity index is 739. The molecule has 26 heavy (non-hydrogen) atoms. The van der Waals surface area contributed by atoms with Crippen LogP contribution in [0.2, 0.25) is 5.02 Å². The summed E-state index contributed by atoms with van der Waals surface area (Å²) in [7, 11) is 0. The van der Waals surface area contributed by atoms with Crippen molar-refractivity contribution >= 4 is 23.4 Å². The van der Waals surface area contributed by atoms with E-state index in [1.807, 2.05) is 11.8 Å². The van der Waals surface area contributed by atoms with Gasteiger partial charge in [-0.3, -0.25) is 4.98 Å². The predicted octanol–water partition coefficient (Wildman–Crippen LogP) is 5.76. The summed E-state index contributed by atoms with van der Waals surface area (Å²) < 4.78 is 0. The molecule has 2 aromatic rings. The van der Waals surface area contributed by atoms with Gasteiger partial charge in [-0.25, -0.2) is 0 Å². The van der Waals surface area contributed by atoms with Crippen LogP contribution in [-0.4, -0.2) is 18.1 Å². The quantitative estimate of drug-likeness (QED) is 0.676. The molecule has 2 aliphatic rings. The smallest absolute Gasteiger partial charge is 0.0544 e. The lowest BCUT2D eigenvalue weighted by atomic mass is 9.85. The molecule has 138 valence electrons. The largest absolute Gasteiger partial charge is 0.316 e. The van der Waals surface area contributed by atoms with E-state index >= 15 is 0 Å². The van der Waals surface area contributed by atoms with Gasteiger partial charge in [-0.15, -0.1) is 11.8 Å². The van der Waals surface area contributed by atoms with Gasteiger partial charge in [0.25, 0.3) is 0 Å². The molecule has 2 nitrogen and oxygen atoms in total. The molecule has 1 aliphatic heterocycles. The minimum Gasteiger partial charge on any atom is -0.316 e. The molecule has 0 bridgehead atoms. The molecule has 1 aromatic carbocycles. The second-order valence-corrected chi connectivity index (χ2v) is 8.86. The van der Waals surface area contributed by atoms with Crippen LogP contribution in [0.4, 0.5) is 0 Å². The maximum Gasteiger partial charge on any atom is 0.0544 e. The number of nitrogens with zero attached hydrogens (tertiary/aromatic N) is 1. The molecule has 0 saturated heterocycles. The van der Waals surface area contributed by atoms with Gasteiger partial charge in [0, 0.05) is 16.8 Å². The van der Waals surface area contributed by atoms with Crippen molar-refractivity contribution < 1.29 is 0 Å². The van der Waals surface area contributed by atoms with Gasteiger partial charge < -0.3 is 5.32 Å². The molecule has 4 rings (SSSR count). The van der Waals surface area contributed by atoms with Crippen LogP contribution in [-0.2, 0) is 18.6 Å². The van der Waals surface area contributed by atoms with Crippen LogP contribution in [0.25, 0.3) is 0 Å². The first-order chi connectivity index (χ1) is 12.8. The number of fused-ring (bicyclic) bond motifs is 1. The first-order valence-electron chi connectivity index (χ1n) is 9.90. The average molecular weight is 387 g/mol. The molecule has 1 fully saturated rings. The molecule has 1 aliphatic carbocycles. The third-order valence-electron chi connectivity index (χ3n) is 5.72. The number of halogens is 1. The molecule has 0 radical (unpaired) electrons. The fraction of sp³-hybridized carbons (Fsp3) is 0.500. The second kappa shape index (κ2) is 8.77. The lowest BCUT2D eigenvalue weighted by molar-refractivity contribution is 0.443. The third-order valence-corrected chi connectivity index (χ3v) is 7.34. The van der Waals surface area contributed by atoms with Crippen molar-refractivity contribution in [1.29, 1.82) is 0 Å². The third kappa shape index (κ3) is 4.27. The van der Waals surface area contributed by atoms with E-state index in [1.54, 1.807) is 0 Å². The minimum absolute atomic E-state index is 0.727. The first-order valence-corrected chi connectivity index (χ1v) is 11.3. The van der Waals surface area contributed by atoms with Gasteiger partial charge in [-0.1, -0.05) is 43.0 Å². The Morgan fingerprint density at radius 1 is 1.04 bits per heavy atom. The molecular weight excluding hydrogens is 360 g/mol. The average Bonchev–Trinajstić information content (AvgIpc) is 2.94. The van der Waals surface area contributed by atoms with Gasteiger partial charge >= 0.3 is 0 Å². The fourth-order valence-electron chi connectivity index (χ4n) is 4.21. The molecule has 0 spiro atoms. The zero-order valence-corrected chi connectivity index (χ0v) is 16.8. The molecule has 1 N–H and O–H groups in total. The van der Waals surface area contributed by atoms with Gasteiger partial charge in [0.1, 0.15) is 0 Å². The molecular formula is C22H27ClN2S. The van der Waals surface area contributed by atoms with E-state index in [1.165, 1.54) is 53.7 Å². The molecule has 0 amide bonds. The fourth-order valence-corrected chi connectivity index (χ4v) is 5.63. The van der Waals surface area contributed by atoms with Gasteiger partial charge in [-0.2, -0.15) is 0 Å². The normalized spacial score (nSPS) is 18.3. The summed E-state index contributed by atoms with van der Waals surface area (Å²) in [6.45, 7) is 2.10. The summed E-state index contributed by atoms with van der Waals surface area (Å²) in [5.41, 5.74) is 5.46. The van der Waals surface area contributed by atoms with Crippen LogP contribution in [0.3, 0.4) is 0 Å². The first kappa shape index (κ1) is 18.3. The van der Waals surface area contributed by atoms with Gasteiger partial charge in [0.2, 0.25) is 0 Å². The SMILES string of the molecule is Clc1ccc2c(c1SCc1ccc(C3CCCCC3)cn1)CCNCC2. The van der Waals surface area contributed by atoms with Crippen molar-refractivity contribution in [2.75, 3.05) is 13.1 Å². The molecule has 2 heterocycles. The van der Waals surface area contributed by atoms with Crippen LogP contribution in [0, 0.1) is 0 Å². The summed E-state index contributed by atoms with van der Waals surface area (Å²) in [5.74, 6) is 1.61. The van der Waals surface area contributed by atoms with Crippen molar-refractivity contribution in [3.8, 4) is 0 Å². The highest BCUT2D eigenvalue weighted by Gasteiger charge is 2.17. The van der Waals surface area contributed by atoms with Crippen molar-refractivity contribution in [1.82, 2.24) is 10.3 Å². The predicted molar refractivity (Wildman–Crippen MR) is 111 cm³/mol. The van der Waals surface area contributed by atoms with Crippen molar-refractivity contribution in [2.24, 2.45) is 0 Å². The maximum atomic E-state index is 6.55. The summed E-state index contributed by atoms with van der Waals surface area (Å²) >= 11 is 8.39. The number of hydrogen-bond acceptors (Lipinski definition) is 3. The van der Waals surface area contributed by atoms with Crippen molar-refractivity contribution in [3.05, 3.63) is 57.9 Å². The number of hydrogen-bond donors (Lipinski definition) is 1. The molecule has 0 atom stereocenters. The summed E-state index contributed by atoms with van der Waals surface area (Å²) in [4.78, 5) is 6.01. The Kier molecular flexibility index (Phi) is 6.19. The number of thioether (sulfide) groups is 1. The number of rotatable bonds is 4. The zero-order valence-electron chi connectivity index (χ0n) is 15.3. The number of aromatic nitrogens is 1. The highest BCUT2D eigenvalue weighted by atomic mass is 35.5. The van der Waals surface area contributed by atoms with E-state index < -0.39 is 0 Å². The standard InChI is InChI=1S/C22H27ClN2S/c23-21-9-7-17-10-12-24-13-11-20(17)22(21)26-15-19-8-6-18(14-25-19)16-4-2-1-3-5-16/h6-9,14,16,24H,1-5,10-13,15H2. The van der Waals surface area contributed by atoms with Crippen LogP contribution >= 0.6 is 23.4 Å². The summed E-state index contributed by atoms with van der Waals surface area (Å²) in [5, 5.41) is 4.37. The Hall–Kier alpha value is -1.03. The van der Waals surface area contributed by atoms with E-state index in [0.717, 1.165) is 48.3 Å². The van der Waals surface area contributed by atoms with E-state index in [-0.39, 0.29) is 0 Å². The van der Waals surface area contributed by atoms with Crippen molar-refractivity contribution in [3.63, 3.8) is 0 Å². The zero-order chi connectivity index (χ0) is 17.8. The van der Waals surface area contributed by atoms with E-state index in [2.05, 4.69) is 35.8 Å². The Morgan fingerprint density at radius 3 is 2.69 bits per heavy atom. The topological polar surface area (TPSA) is 24.9 Å². The summed E-state index contributed by atoms with van der Waals surface area (Å²) in [6.07, 6.45) is 11.1. The van der Waals surface area contributed by atoms with Gasteiger partial charge in [0.05, 0.1) is 10.7 Å². The number of benzene rings is 1. The Balaban J connectivity index is 1.45. The van der Waals surface area contributed by atoms with Crippen LogP contribution in [0.5, 0.6) is 0 Å².